The number of nitrogens with two attached hydrogens (primary N) is 1. The van der Waals surface area contributed by atoms with Crippen molar-refractivity contribution in [1.82, 2.24) is 0 Å². The molecule has 0 saturated carbocycles. The van der Waals surface area contributed by atoms with Crippen molar-refractivity contribution < 1.29 is 13.9 Å². The summed E-state index contributed by atoms with van der Waals surface area (Å²) in [6, 6.07) is 6.06. The Morgan fingerprint density at radius 2 is 2.16 bits per heavy atom. The van der Waals surface area contributed by atoms with E-state index in [-0.39, 0.29) is 12.4 Å². The quantitative estimate of drug-likeness (QED) is 0.610. The Balaban J connectivity index is 3.12. The Bertz CT molecular complexity index is 422. The maximum Gasteiger partial charge on any atom is 0.317 e. The molecular weight excluding hydrogens is 245 g/mol. The van der Waals surface area contributed by atoms with Crippen LogP contribution >= 0.6 is 0 Å². The van der Waals surface area contributed by atoms with Crippen LogP contribution < -0.4 is 5.73 Å². The number of methoxy groups -OCH3 is 1. The number of carbonyl (C=O) groups is 1. The molecule has 0 radical (unpaired) electrons. The van der Waals surface area contributed by atoms with Crippen molar-refractivity contribution in [3.8, 4) is 0 Å². The summed E-state index contributed by atoms with van der Waals surface area (Å²) in [5.41, 5.74) is 5.48. The van der Waals surface area contributed by atoms with Gasteiger partial charge < -0.3 is 10.5 Å². The molecule has 3 nitrogen and oxygen atoms in total. The number of carbonyl (C=O) groups excluding carboxylic acids is 1. The highest BCUT2D eigenvalue weighted by Crippen LogP contribution is 2.31. The fourth-order valence-electron chi connectivity index (χ4n) is 2.33. The van der Waals surface area contributed by atoms with Gasteiger partial charge in [0.15, 0.2) is 0 Å². The Morgan fingerprint density at radius 3 is 2.68 bits per heavy atom. The van der Waals surface area contributed by atoms with Crippen LogP contribution in [0.15, 0.2) is 24.3 Å². The molecule has 19 heavy (non-hydrogen) atoms. The predicted octanol–water partition coefficient (Wildman–Crippen LogP) is 2.78. The van der Waals surface area contributed by atoms with Crippen LogP contribution in [0, 0.1) is 5.82 Å². The number of ether oxygens (including phenoxy) is 1. The summed E-state index contributed by atoms with van der Waals surface area (Å²) in [6.45, 7) is 2.21. The Labute approximate surface area is 113 Å². The van der Waals surface area contributed by atoms with Crippen LogP contribution in [-0.2, 0) is 14.9 Å². The van der Waals surface area contributed by atoms with Crippen LogP contribution in [0.3, 0.4) is 0 Å². The summed E-state index contributed by atoms with van der Waals surface area (Å²) in [4.78, 5) is 12.1. The number of benzene rings is 1. The topological polar surface area (TPSA) is 52.3 Å². The van der Waals surface area contributed by atoms with Gasteiger partial charge in [-0.15, -0.1) is 0 Å². The molecule has 1 rings (SSSR count). The van der Waals surface area contributed by atoms with Crippen molar-refractivity contribution in [1.29, 1.82) is 0 Å². The molecular formula is C15H22FNO2. The molecule has 0 aromatic heterocycles. The minimum atomic E-state index is -0.938. The summed E-state index contributed by atoms with van der Waals surface area (Å²) >= 11 is 0. The van der Waals surface area contributed by atoms with Gasteiger partial charge in [0.25, 0.3) is 0 Å². The molecule has 1 unspecified atom stereocenters. The Hall–Kier alpha value is -1.42. The lowest BCUT2D eigenvalue weighted by Crippen LogP contribution is -2.44. The summed E-state index contributed by atoms with van der Waals surface area (Å²) < 4.78 is 18.3. The number of unbranched alkanes of at least 4 members (excludes halogenated alkanes) is 2. The highest BCUT2D eigenvalue weighted by atomic mass is 19.1. The molecule has 0 spiro atoms. The average molecular weight is 267 g/mol. The SMILES string of the molecule is CCCCCC(CN)(C(=O)OC)c1cccc(F)c1. The van der Waals surface area contributed by atoms with Crippen molar-refractivity contribution >= 4 is 5.97 Å². The Morgan fingerprint density at radius 1 is 1.42 bits per heavy atom. The maximum atomic E-state index is 13.4. The third-order valence-corrected chi connectivity index (χ3v) is 3.51. The molecule has 2 N–H and O–H groups in total. The van der Waals surface area contributed by atoms with E-state index < -0.39 is 11.4 Å². The van der Waals surface area contributed by atoms with Crippen LogP contribution in [0.5, 0.6) is 0 Å². The number of rotatable bonds is 7. The molecule has 0 saturated heterocycles. The summed E-state index contributed by atoms with van der Waals surface area (Å²) in [5, 5.41) is 0. The molecule has 1 atom stereocenters. The van der Waals surface area contributed by atoms with Gasteiger partial charge in [-0.25, -0.2) is 4.39 Å². The monoisotopic (exact) mass is 267 g/mol. The normalized spacial score (nSPS) is 13.9. The number of esters is 1. The minimum Gasteiger partial charge on any atom is -0.468 e. The fourth-order valence-corrected chi connectivity index (χ4v) is 2.33. The van der Waals surface area contributed by atoms with Crippen LogP contribution in [0.4, 0.5) is 4.39 Å². The molecule has 0 heterocycles. The zero-order valence-corrected chi connectivity index (χ0v) is 11.6. The highest BCUT2D eigenvalue weighted by molar-refractivity contribution is 5.83. The van der Waals surface area contributed by atoms with E-state index >= 15 is 0 Å². The van der Waals surface area contributed by atoms with E-state index in [1.54, 1.807) is 12.1 Å². The minimum absolute atomic E-state index is 0.118. The lowest BCUT2D eigenvalue weighted by molar-refractivity contribution is -0.147. The first-order valence-corrected chi connectivity index (χ1v) is 6.65. The number of hydrogen-bond acceptors (Lipinski definition) is 3. The van der Waals surface area contributed by atoms with Gasteiger partial charge in [-0.3, -0.25) is 4.79 Å². The van der Waals surface area contributed by atoms with Crippen molar-refractivity contribution in [2.24, 2.45) is 5.73 Å². The molecule has 0 bridgehead atoms. The molecule has 1 aromatic rings. The van der Waals surface area contributed by atoms with Crippen molar-refractivity contribution in [3.05, 3.63) is 35.6 Å². The van der Waals surface area contributed by atoms with E-state index in [0.717, 1.165) is 19.3 Å². The smallest absolute Gasteiger partial charge is 0.317 e. The van der Waals surface area contributed by atoms with E-state index in [1.807, 2.05) is 0 Å². The van der Waals surface area contributed by atoms with Gasteiger partial charge in [-0.2, -0.15) is 0 Å². The second-order valence-electron chi connectivity index (χ2n) is 4.75. The lowest BCUT2D eigenvalue weighted by Gasteiger charge is -2.30. The van der Waals surface area contributed by atoms with Gasteiger partial charge in [0, 0.05) is 6.54 Å². The zero-order valence-electron chi connectivity index (χ0n) is 11.6. The van der Waals surface area contributed by atoms with E-state index in [2.05, 4.69) is 6.92 Å². The maximum absolute atomic E-state index is 13.4. The molecule has 1 aromatic carbocycles. The standard InChI is InChI=1S/C15H22FNO2/c1-3-4-5-9-15(11-17,14(18)19-2)12-7-6-8-13(16)10-12/h6-8,10H,3-5,9,11,17H2,1-2H3. The Kier molecular flexibility index (Phi) is 5.96. The average Bonchev–Trinajstić information content (AvgIpc) is 2.43. The summed E-state index contributed by atoms with van der Waals surface area (Å²) in [6.07, 6.45) is 3.49. The first-order valence-electron chi connectivity index (χ1n) is 6.65. The van der Waals surface area contributed by atoms with E-state index in [0.29, 0.717) is 12.0 Å². The molecule has 0 amide bonds. The van der Waals surface area contributed by atoms with E-state index in [9.17, 15) is 9.18 Å². The van der Waals surface area contributed by atoms with Crippen molar-refractivity contribution in [2.75, 3.05) is 13.7 Å². The first-order chi connectivity index (χ1) is 9.10. The van der Waals surface area contributed by atoms with Gasteiger partial charge >= 0.3 is 5.97 Å². The van der Waals surface area contributed by atoms with Crippen LogP contribution in [0.1, 0.15) is 38.2 Å². The first kappa shape index (κ1) is 15.6. The predicted molar refractivity (Wildman–Crippen MR) is 73.3 cm³/mol. The van der Waals surface area contributed by atoms with Crippen LogP contribution in [0.2, 0.25) is 0 Å². The van der Waals surface area contributed by atoms with Gasteiger partial charge in [-0.1, -0.05) is 38.3 Å². The van der Waals surface area contributed by atoms with Gasteiger partial charge in [0.1, 0.15) is 11.2 Å². The van der Waals surface area contributed by atoms with Crippen LogP contribution in [-0.4, -0.2) is 19.6 Å². The molecule has 0 aliphatic rings. The third-order valence-electron chi connectivity index (χ3n) is 3.51. The second-order valence-corrected chi connectivity index (χ2v) is 4.75. The molecule has 106 valence electrons. The molecule has 4 heteroatoms. The van der Waals surface area contributed by atoms with Gasteiger partial charge in [0.05, 0.1) is 7.11 Å². The third kappa shape index (κ3) is 3.53. The number of hydrogen-bond donors (Lipinski definition) is 1. The molecule has 0 fully saturated rings. The second kappa shape index (κ2) is 7.24. The largest absolute Gasteiger partial charge is 0.468 e. The summed E-state index contributed by atoms with van der Waals surface area (Å²) in [5.74, 6) is -0.758. The zero-order chi connectivity index (χ0) is 14.3. The highest BCUT2D eigenvalue weighted by Gasteiger charge is 2.39. The summed E-state index contributed by atoms with van der Waals surface area (Å²) in [7, 11) is 1.34. The lowest BCUT2D eigenvalue weighted by atomic mass is 9.76. The van der Waals surface area contributed by atoms with Gasteiger partial charge in [-0.05, 0) is 24.1 Å². The van der Waals surface area contributed by atoms with Gasteiger partial charge in [0.2, 0.25) is 0 Å². The molecule has 0 aliphatic heterocycles. The fraction of sp³-hybridized carbons (Fsp3) is 0.533. The molecule has 0 aliphatic carbocycles. The van der Waals surface area contributed by atoms with Crippen LogP contribution in [0.25, 0.3) is 0 Å². The van der Waals surface area contributed by atoms with E-state index in [4.69, 9.17) is 10.5 Å². The number of halogens is 1. The van der Waals surface area contributed by atoms with E-state index in [1.165, 1.54) is 19.2 Å². The van der Waals surface area contributed by atoms with Crippen molar-refractivity contribution in [2.45, 2.75) is 38.0 Å². The van der Waals surface area contributed by atoms with Crippen molar-refractivity contribution in [3.63, 3.8) is 0 Å².